The fourth-order valence-electron chi connectivity index (χ4n) is 2.44. The molecule has 0 saturated heterocycles. The lowest BCUT2D eigenvalue weighted by Crippen LogP contribution is -2.28. The maximum atomic E-state index is 12.9. The van der Waals surface area contributed by atoms with Crippen LogP contribution >= 0.6 is 0 Å². The summed E-state index contributed by atoms with van der Waals surface area (Å²) in [7, 11) is -3.42. The summed E-state index contributed by atoms with van der Waals surface area (Å²) < 4.78 is 38.1. The van der Waals surface area contributed by atoms with Gasteiger partial charge in [0.1, 0.15) is 5.82 Å². The molecule has 3 rings (SSSR count). The molecule has 0 aliphatic carbocycles. The standard InChI is InChI=1S/C18H17FN4O3S/c1-27(25,26)17-5-3-2-4-16(17)23-12-15(11-21-23)22-18(24)20-10-13-6-8-14(19)9-7-13/h2-9,11-12H,10H2,1H3,(H2,20,22,24). The van der Waals surface area contributed by atoms with Crippen molar-refractivity contribution in [3.63, 3.8) is 0 Å². The Morgan fingerprint density at radius 1 is 1.15 bits per heavy atom. The van der Waals surface area contributed by atoms with Gasteiger partial charge < -0.3 is 10.6 Å². The number of halogens is 1. The number of benzene rings is 2. The van der Waals surface area contributed by atoms with Gasteiger partial charge in [-0.2, -0.15) is 5.10 Å². The molecule has 0 aliphatic rings. The number of hydrogen-bond donors (Lipinski definition) is 2. The molecule has 27 heavy (non-hydrogen) atoms. The Bertz CT molecular complexity index is 1060. The number of aromatic nitrogens is 2. The van der Waals surface area contributed by atoms with Gasteiger partial charge in [-0.15, -0.1) is 0 Å². The quantitative estimate of drug-likeness (QED) is 0.703. The number of urea groups is 1. The van der Waals surface area contributed by atoms with E-state index in [4.69, 9.17) is 0 Å². The molecule has 0 saturated carbocycles. The molecule has 9 heteroatoms. The minimum atomic E-state index is -3.42. The van der Waals surface area contributed by atoms with Crippen molar-refractivity contribution in [1.29, 1.82) is 0 Å². The number of nitrogens with one attached hydrogen (secondary N) is 2. The van der Waals surface area contributed by atoms with Crippen LogP contribution in [0.5, 0.6) is 0 Å². The number of rotatable bonds is 5. The van der Waals surface area contributed by atoms with Crippen molar-refractivity contribution in [2.75, 3.05) is 11.6 Å². The van der Waals surface area contributed by atoms with Gasteiger partial charge in [-0.25, -0.2) is 22.3 Å². The van der Waals surface area contributed by atoms with Gasteiger partial charge in [-0.3, -0.25) is 0 Å². The van der Waals surface area contributed by atoms with Gasteiger partial charge in [0.05, 0.1) is 28.7 Å². The summed E-state index contributed by atoms with van der Waals surface area (Å²) in [6, 6.07) is 11.8. The third kappa shape index (κ3) is 4.70. The Kier molecular flexibility index (Phi) is 5.22. The first-order valence-corrected chi connectivity index (χ1v) is 9.85. The highest BCUT2D eigenvalue weighted by molar-refractivity contribution is 7.90. The second-order valence-electron chi connectivity index (χ2n) is 5.85. The van der Waals surface area contributed by atoms with Crippen molar-refractivity contribution >= 4 is 21.6 Å². The van der Waals surface area contributed by atoms with E-state index >= 15 is 0 Å². The first-order chi connectivity index (χ1) is 12.8. The van der Waals surface area contributed by atoms with E-state index in [1.165, 1.54) is 35.3 Å². The van der Waals surface area contributed by atoms with Crippen molar-refractivity contribution in [3.8, 4) is 5.69 Å². The Morgan fingerprint density at radius 2 is 1.85 bits per heavy atom. The number of carbonyl (C=O) groups excluding carboxylic acids is 1. The van der Waals surface area contributed by atoms with Crippen LogP contribution in [-0.4, -0.2) is 30.5 Å². The largest absolute Gasteiger partial charge is 0.334 e. The number of para-hydroxylation sites is 1. The number of sulfone groups is 1. The first-order valence-electron chi connectivity index (χ1n) is 7.96. The fourth-order valence-corrected chi connectivity index (χ4v) is 3.31. The molecule has 0 fully saturated rings. The number of carbonyl (C=O) groups is 1. The van der Waals surface area contributed by atoms with Gasteiger partial charge in [0.25, 0.3) is 0 Å². The highest BCUT2D eigenvalue weighted by Gasteiger charge is 2.15. The fraction of sp³-hybridized carbons (Fsp3) is 0.111. The lowest BCUT2D eigenvalue weighted by atomic mass is 10.2. The zero-order valence-corrected chi connectivity index (χ0v) is 15.2. The molecule has 7 nitrogen and oxygen atoms in total. The zero-order valence-electron chi connectivity index (χ0n) is 14.4. The lowest BCUT2D eigenvalue weighted by molar-refractivity contribution is 0.251. The maximum absolute atomic E-state index is 12.9. The first kappa shape index (κ1) is 18.6. The summed E-state index contributed by atoms with van der Waals surface area (Å²) in [5, 5.41) is 9.37. The van der Waals surface area contributed by atoms with E-state index in [0.29, 0.717) is 11.4 Å². The van der Waals surface area contributed by atoms with E-state index in [1.54, 1.807) is 30.3 Å². The second kappa shape index (κ2) is 7.58. The van der Waals surface area contributed by atoms with Crippen molar-refractivity contribution < 1.29 is 17.6 Å². The molecule has 0 unspecified atom stereocenters. The molecule has 0 spiro atoms. The predicted molar refractivity (Wildman–Crippen MR) is 98.9 cm³/mol. The monoisotopic (exact) mass is 388 g/mol. The molecule has 2 aromatic carbocycles. The van der Waals surface area contributed by atoms with E-state index in [2.05, 4.69) is 15.7 Å². The Labute approximate surface area is 155 Å². The third-order valence-electron chi connectivity index (χ3n) is 3.72. The molecule has 0 radical (unpaired) electrons. The number of hydrogen-bond acceptors (Lipinski definition) is 4. The molecule has 2 amide bonds. The summed E-state index contributed by atoms with van der Waals surface area (Å²) in [4.78, 5) is 12.1. The molecule has 2 N–H and O–H groups in total. The van der Waals surface area contributed by atoms with Crippen molar-refractivity contribution in [3.05, 3.63) is 72.3 Å². The minimum absolute atomic E-state index is 0.139. The summed E-state index contributed by atoms with van der Waals surface area (Å²) >= 11 is 0. The molecule has 3 aromatic rings. The molecule has 1 heterocycles. The van der Waals surface area contributed by atoms with E-state index in [1.807, 2.05) is 0 Å². The van der Waals surface area contributed by atoms with E-state index < -0.39 is 15.9 Å². The normalized spacial score (nSPS) is 11.2. The van der Waals surface area contributed by atoms with Crippen molar-refractivity contribution in [2.24, 2.45) is 0 Å². The average Bonchev–Trinajstić information content (AvgIpc) is 3.09. The molecule has 0 atom stereocenters. The van der Waals surface area contributed by atoms with Crippen LogP contribution in [0.1, 0.15) is 5.56 Å². The number of amides is 2. The molecular formula is C18H17FN4O3S. The van der Waals surface area contributed by atoms with Crippen molar-refractivity contribution in [1.82, 2.24) is 15.1 Å². The van der Waals surface area contributed by atoms with Crippen LogP contribution in [0.15, 0.2) is 65.8 Å². The summed E-state index contributed by atoms with van der Waals surface area (Å²) in [5.41, 5.74) is 1.54. The van der Waals surface area contributed by atoms with Gasteiger partial charge in [0.15, 0.2) is 9.84 Å². The third-order valence-corrected chi connectivity index (χ3v) is 4.86. The van der Waals surface area contributed by atoms with Crippen LogP contribution in [-0.2, 0) is 16.4 Å². The molecule has 0 aliphatic heterocycles. The highest BCUT2D eigenvalue weighted by atomic mass is 32.2. The maximum Gasteiger partial charge on any atom is 0.319 e. The van der Waals surface area contributed by atoms with Crippen LogP contribution in [0.3, 0.4) is 0 Å². The summed E-state index contributed by atoms with van der Waals surface area (Å²) in [6.45, 7) is 0.233. The topological polar surface area (TPSA) is 93.1 Å². The summed E-state index contributed by atoms with van der Waals surface area (Å²) in [6.07, 6.45) is 4.05. The van der Waals surface area contributed by atoms with E-state index in [9.17, 15) is 17.6 Å². The average molecular weight is 388 g/mol. The minimum Gasteiger partial charge on any atom is -0.334 e. The van der Waals surface area contributed by atoms with Crippen LogP contribution in [0.25, 0.3) is 5.69 Å². The zero-order chi connectivity index (χ0) is 19.4. The van der Waals surface area contributed by atoms with Gasteiger partial charge in [0.2, 0.25) is 0 Å². The van der Waals surface area contributed by atoms with Crippen LogP contribution in [0, 0.1) is 5.82 Å². The van der Waals surface area contributed by atoms with Crippen LogP contribution < -0.4 is 10.6 Å². The van der Waals surface area contributed by atoms with Gasteiger partial charge in [-0.05, 0) is 29.8 Å². The van der Waals surface area contributed by atoms with E-state index in [-0.39, 0.29) is 17.3 Å². The molecule has 1 aromatic heterocycles. The second-order valence-corrected chi connectivity index (χ2v) is 7.83. The lowest BCUT2D eigenvalue weighted by Gasteiger charge is -2.08. The van der Waals surface area contributed by atoms with Gasteiger partial charge in [0, 0.05) is 12.8 Å². The van der Waals surface area contributed by atoms with Crippen LogP contribution in [0.2, 0.25) is 0 Å². The molecule has 140 valence electrons. The SMILES string of the molecule is CS(=O)(=O)c1ccccc1-n1cc(NC(=O)NCc2ccc(F)cc2)cn1. The van der Waals surface area contributed by atoms with E-state index in [0.717, 1.165) is 11.8 Å². The van der Waals surface area contributed by atoms with Gasteiger partial charge >= 0.3 is 6.03 Å². The highest BCUT2D eigenvalue weighted by Crippen LogP contribution is 2.20. The molecule has 0 bridgehead atoms. The number of nitrogens with zero attached hydrogens (tertiary/aromatic N) is 2. The predicted octanol–water partition coefficient (Wildman–Crippen LogP) is 2.74. The Hall–Kier alpha value is -3.20. The number of anilines is 1. The van der Waals surface area contributed by atoms with Gasteiger partial charge in [-0.1, -0.05) is 24.3 Å². The van der Waals surface area contributed by atoms with Crippen LogP contribution in [0.4, 0.5) is 14.9 Å². The molecular weight excluding hydrogens is 371 g/mol. The summed E-state index contributed by atoms with van der Waals surface area (Å²) in [5.74, 6) is -0.343. The Morgan fingerprint density at radius 3 is 2.56 bits per heavy atom. The Balaban J connectivity index is 1.68. The van der Waals surface area contributed by atoms with Crippen molar-refractivity contribution in [2.45, 2.75) is 11.4 Å². The smallest absolute Gasteiger partial charge is 0.319 e.